The fourth-order valence-corrected chi connectivity index (χ4v) is 2.95. The second-order valence-electron chi connectivity index (χ2n) is 6.81. The molecule has 1 aromatic rings. The van der Waals surface area contributed by atoms with Crippen molar-refractivity contribution in [1.82, 2.24) is 0 Å². The van der Waals surface area contributed by atoms with Crippen LogP contribution >= 0.6 is 0 Å². The van der Waals surface area contributed by atoms with Crippen molar-refractivity contribution in [2.24, 2.45) is 0 Å². The molecule has 0 bridgehead atoms. The standard InChI is InChI=1S/C22H34O3/c1-3-4-5-6-7-8-9-10-11-12-13-18-22(24)25-21-17-15-14-16-20(21)19(2)23/h14-17H,3-13,18H2,1-2H3. The highest BCUT2D eigenvalue weighted by molar-refractivity contribution is 5.97. The first-order chi connectivity index (χ1) is 12.1. The summed E-state index contributed by atoms with van der Waals surface area (Å²) < 4.78 is 5.34. The second-order valence-corrected chi connectivity index (χ2v) is 6.81. The van der Waals surface area contributed by atoms with Crippen LogP contribution in [0.15, 0.2) is 24.3 Å². The molecule has 0 aliphatic heterocycles. The average Bonchev–Trinajstić information content (AvgIpc) is 2.60. The molecule has 0 amide bonds. The molecule has 0 saturated heterocycles. The summed E-state index contributed by atoms with van der Waals surface area (Å²) >= 11 is 0. The van der Waals surface area contributed by atoms with Crippen LogP contribution in [0, 0.1) is 0 Å². The molecule has 0 fully saturated rings. The number of ether oxygens (including phenoxy) is 1. The van der Waals surface area contributed by atoms with Crippen LogP contribution in [0.2, 0.25) is 0 Å². The Morgan fingerprint density at radius 3 is 1.88 bits per heavy atom. The molecule has 25 heavy (non-hydrogen) atoms. The number of unbranched alkanes of at least 4 members (excludes halogenated alkanes) is 10. The molecule has 3 nitrogen and oxygen atoms in total. The van der Waals surface area contributed by atoms with E-state index >= 15 is 0 Å². The zero-order valence-corrected chi connectivity index (χ0v) is 16.0. The van der Waals surface area contributed by atoms with Gasteiger partial charge in [-0.1, -0.05) is 83.3 Å². The van der Waals surface area contributed by atoms with Gasteiger partial charge in [-0.3, -0.25) is 9.59 Å². The van der Waals surface area contributed by atoms with Crippen molar-refractivity contribution in [3.8, 4) is 5.75 Å². The molecule has 1 rings (SSSR count). The first-order valence-corrected chi connectivity index (χ1v) is 9.95. The number of benzene rings is 1. The lowest BCUT2D eigenvalue weighted by Crippen LogP contribution is -2.10. The number of rotatable bonds is 14. The number of esters is 1. The summed E-state index contributed by atoms with van der Waals surface area (Å²) in [5.41, 5.74) is 0.467. The third kappa shape index (κ3) is 10.1. The molecular weight excluding hydrogens is 312 g/mol. The molecule has 0 spiro atoms. The third-order valence-electron chi connectivity index (χ3n) is 4.47. The summed E-state index contributed by atoms with van der Waals surface area (Å²) in [6.07, 6.45) is 14.2. The first kappa shape index (κ1) is 21.4. The SMILES string of the molecule is CCCCCCCCCCCCCC(=O)Oc1ccccc1C(C)=O. The van der Waals surface area contributed by atoms with Gasteiger partial charge < -0.3 is 4.74 Å². The van der Waals surface area contributed by atoms with Crippen molar-refractivity contribution >= 4 is 11.8 Å². The van der Waals surface area contributed by atoms with Crippen molar-refractivity contribution in [2.75, 3.05) is 0 Å². The van der Waals surface area contributed by atoms with E-state index in [1.54, 1.807) is 24.3 Å². The maximum absolute atomic E-state index is 11.9. The normalized spacial score (nSPS) is 10.6. The van der Waals surface area contributed by atoms with Crippen LogP contribution in [-0.2, 0) is 4.79 Å². The highest BCUT2D eigenvalue weighted by Gasteiger charge is 2.11. The molecule has 3 heteroatoms. The van der Waals surface area contributed by atoms with E-state index in [2.05, 4.69) is 6.92 Å². The second kappa shape index (κ2) is 13.6. The molecule has 0 saturated carbocycles. The zero-order valence-electron chi connectivity index (χ0n) is 16.0. The van der Waals surface area contributed by atoms with Gasteiger partial charge in [0.25, 0.3) is 0 Å². The monoisotopic (exact) mass is 346 g/mol. The Hall–Kier alpha value is -1.64. The largest absolute Gasteiger partial charge is 0.426 e. The van der Waals surface area contributed by atoms with Gasteiger partial charge in [0.2, 0.25) is 0 Å². The van der Waals surface area contributed by atoms with Crippen molar-refractivity contribution in [3.05, 3.63) is 29.8 Å². The number of carbonyl (C=O) groups excluding carboxylic acids is 2. The van der Waals surface area contributed by atoms with Crippen LogP contribution in [0.3, 0.4) is 0 Å². The van der Waals surface area contributed by atoms with E-state index in [0.717, 1.165) is 12.8 Å². The molecule has 0 N–H and O–H groups in total. The van der Waals surface area contributed by atoms with Gasteiger partial charge in [0, 0.05) is 6.42 Å². The Morgan fingerprint density at radius 1 is 0.800 bits per heavy atom. The molecule has 0 atom stereocenters. The van der Waals surface area contributed by atoms with Gasteiger partial charge in [-0.25, -0.2) is 0 Å². The van der Waals surface area contributed by atoms with Crippen LogP contribution < -0.4 is 4.74 Å². The van der Waals surface area contributed by atoms with Gasteiger partial charge in [0.15, 0.2) is 5.78 Å². The quantitative estimate of drug-likeness (QED) is 0.167. The fraction of sp³-hybridized carbons (Fsp3) is 0.636. The maximum atomic E-state index is 11.9. The first-order valence-electron chi connectivity index (χ1n) is 9.95. The lowest BCUT2D eigenvalue weighted by Gasteiger charge is -2.08. The van der Waals surface area contributed by atoms with Gasteiger partial charge in [0.05, 0.1) is 5.56 Å². The van der Waals surface area contributed by atoms with Gasteiger partial charge in [-0.05, 0) is 25.5 Å². The average molecular weight is 347 g/mol. The van der Waals surface area contributed by atoms with Crippen molar-refractivity contribution in [1.29, 1.82) is 0 Å². The number of hydrogen-bond donors (Lipinski definition) is 0. The highest BCUT2D eigenvalue weighted by Crippen LogP contribution is 2.19. The number of Topliss-reactive ketones (excluding diaryl/α,β-unsaturated/α-hetero) is 1. The number of hydrogen-bond acceptors (Lipinski definition) is 3. The molecule has 0 aliphatic carbocycles. The predicted molar refractivity (Wildman–Crippen MR) is 103 cm³/mol. The van der Waals surface area contributed by atoms with E-state index in [-0.39, 0.29) is 11.8 Å². The van der Waals surface area contributed by atoms with Crippen LogP contribution in [0.25, 0.3) is 0 Å². The van der Waals surface area contributed by atoms with Crippen LogP contribution in [-0.4, -0.2) is 11.8 Å². The minimum Gasteiger partial charge on any atom is -0.426 e. The molecule has 0 aliphatic rings. The summed E-state index contributed by atoms with van der Waals surface area (Å²) in [5, 5.41) is 0. The Labute approximate surface area is 153 Å². The van der Waals surface area contributed by atoms with Crippen LogP contribution in [0.4, 0.5) is 0 Å². The van der Waals surface area contributed by atoms with E-state index in [4.69, 9.17) is 4.74 Å². The zero-order chi connectivity index (χ0) is 18.3. The third-order valence-corrected chi connectivity index (χ3v) is 4.47. The fourth-order valence-electron chi connectivity index (χ4n) is 2.95. The summed E-state index contributed by atoms with van der Waals surface area (Å²) in [6, 6.07) is 6.91. The Kier molecular flexibility index (Phi) is 11.7. The lowest BCUT2D eigenvalue weighted by atomic mass is 10.1. The van der Waals surface area contributed by atoms with Crippen LogP contribution in [0.5, 0.6) is 5.75 Å². The predicted octanol–water partition coefficient (Wildman–Crippen LogP) is 6.50. The summed E-state index contributed by atoms with van der Waals surface area (Å²) in [6.45, 7) is 3.73. The topological polar surface area (TPSA) is 43.4 Å². The smallest absolute Gasteiger partial charge is 0.311 e. The van der Waals surface area contributed by atoms with Gasteiger partial charge >= 0.3 is 5.97 Å². The maximum Gasteiger partial charge on any atom is 0.311 e. The van der Waals surface area contributed by atoms with E-state index in [1.807, 2.05) is 0 Å². The van der Waals surface area contributed by atoms with Gasteiger partial charge in [-0.15, -0.1) is 0 Å². The van der Waals surface area contributed by atoms with Gasteiger partial charge in [-0.2, -0.15) is 0 Å². The molecule has 140 valence electrons. The molecule has 0 radical (unpaired) electrons. The van der Waals surface area contributed by atoms with Crippen molar-refractivity contribution < 1.29 is 14.3 Å². The van der Waals surface area contributed by atoms with E-state index in [0.29, 0.717) is 17.7 Å². The van der Waals surface area contributed by atoms with E-state index in [9.17, 15) is 9.59 Å². The number of para-hydroxylation sites is 1. The molecule has 0 aromatic heterocycles. The van der Waals surface area contributed by atoms with E-state index < -0.39 is 0 Å². The van der Waals surface area contributed by atoms with Crippen molar-refractivity contribution in [2.45, 2.75) is 90.9 Å². The minimum atomic E-state index is -0.246. The molecule has 0 unspecified atom stereocenters. The van der Waals surface area contributed by atoms with Crippen molar-refractivity contribution in [3.63, 3.8) is 0 Å². The van der Waals surface area contributed by atoms with Crippen LogP contribution in [0.1, 0.15) is 101 Å². The Morgan fingerprint density at radius 2 is 1.32 bits per heavy atom. The van der Waals surface area contributed by atoms with Gasteiger partial charge in [0.1, 0.15) is 5.75 Å². The number of carbonyl (C=O) groups is 2. The summed E-state index contributed by atoms with van der Waals surface area (Å²) in [7, 11) is 0. The highest BCUT2D eigenvalue weighted by atomic mass is 16.5. The lowest BCUT2D eigenvalue weighted by molar-refractivity contribution is -0.134. The molecule has 0 heterocycles. The number of ketones is 1. The summed E-state index contributed by atoms with van der Waals surface area (Å²) in [4.78, 5) is 23.4. The summed E-state index contributed by atoms with van der Waals surface area (Å²) in [5.74, 6) is 0.0470. The Balaban J connectivity index is 2.05. The Bertz CT molecular complexity index is 508. The molecular formula is C22H34O3. The van der Waals surface area contributed by atoms with E-state index in [1.165, 1.54) is 64.7 Å². The molecule has 1 aromatic carbocycles. The minimum absolute atomic E-state index is 0.0851.